The zero-order valence-corrected chi connectivity index (χ0v) is 16.6. The number of hydrogen-bond acceptors (Lipinski definition) is 6. The Bertz CT molecular complexity index is 968. The van der Waals surface area contributed by atoms with Gasteiger partial charge in [0.1, 0.15) is 0 Å². The summed E-state index contributed by atoms with van der Waals surface area (Å²) in [6.07, 6.45) is 0. The summed E-state index contributed by atoms with van der Waals surface area (Å²) in [6, 6.07) is 10.5. The molecule has 0 radical (unpaired) electrons. The lowest BCUT2D eigenvalue weighted by atomic mass is 10.1. The number of sulfonamides is 1. The number of amides is 1. The van der Waals surface area contributed by atoms with Crippen LogP contribution in [0.25, 0.3) is 0 Å². The first-order chi connectivity index (χ1) is 13.1. The fraction of sp³-hybridized carbons (Fsp3) is 0.263. The van der Waals surface area contributed by atoms with Gasteiger partial charge in [0.15, 0.2) is 6.61 Å². The molecule has 0 spiro atoms. The molecule has 0 unspecified atom stereocenters. The van der Waals surface area contributed by atoms with Gasteiger partial charge < -0.3 is 15.2 Å². The second-order valence-electron chi connectivity index (χ2n) is 6.24. The maximum atomic E-state index is 12.2. The molecule has 0 aliphatic heterocycles. The van der Waals surface area contributed by atoms with Crippen LogP contribution >= 0.6 is 0 Å². The molecule has 2 aromatic rings. The smallest absolute Gasteiger partial charge is 0.338 e. The molecule has 9 heteroatoms. The third-order valence-electron chi connectivity index (χ3n) is 3.97. The van der Waals surface area contributed by atoms with E-state index >= 15 is 0 Å². The number of nitrogens with zero attached hydrogens (tertiary/aromatic N) is 1. The predicted molar refractivity (Wildman–Crippen MR) is 103 cm³/mol. The minimum atomic E-state index is -3.64. The molecule has 0 heterocycles. The van der Waals surface area contributed by atoms with Gasteiger partial charge in [-0.05, 0) is 42.3 Å². The van der Waals surface area contributed by atoms with Crippen molar-refractivity contribution in [3.05, 3.63) is 59.2 Å². The van der Waals surface area contributed by atoms with Crippen LogP contribution in [0, 0.1) is 6.92 Å². The first-order valence-electron chi connectivity index (χ1n) is 8.35. The van der Waals surface area contributed by atoms with Gasteiger partial charge in [-0.1, -0.05) is 18.2 Å². The van der Waals surface area contributed by atoms with Crippen molar-refractivity contribution in [1.82, 2.24) is 4.31 Å². The minimum absolute atomic E-state index is 0.0411. The molecule has 0 atom stereocenters. The summed E-state index contributed by atoms with van der Waals surface area (Å²) >= 11 is 0. The quantitative estimate of drug-likeness (QED) is 0.675. The second-order valence-corrected chi connectivity index (χ2v) is 8.40. The zero-order valence-electron chi connectivity index (χ0n) is 15.8. The van der Waals surface area contributed by atoms with E-state index in [9.17, 15) is 18.0 Å². The molecule has 150 valence electrons. The molecule has 28 heavy (non-hydrogen) atoms. The molecule has 0 aliphatic rings. The number of anilines is 1. The van der Waals surface area contributed by atoms with Gasteiger partial charge in [-0.15, -0.1) is 0 Å². The highest BCUT2D eigenvalue weighted by Crippen LogP contribution is 2.22. The van der Waals surface area contributed by atoms with Gasteiger partial charge in [-0.3, -0.25) is 4.79 Å². The van der Waals surface area contributed by atoms with Crippen molar-refractivity contribution in [2.75, 3.05) is 26.0 Å². The highest BCUT2D eigenvalue weighted by molar-refractivity contribution is 7.89. The van der Waals surface area contributed by atoms with Crippen LogP contribution < -0.4 is 5.32 Å². The maximum Gasteiger partial charge on any atom is 0.338 e. The number of hydrogen-bond donors (Lipinski definition) is 2. The van der Waals surface area contributed by atoms with Crippen molar-refractivity contribution in [3.8, 4) is 0 Å². The fourth-order valence-electron chi connectivity index (χ4n) is 2.25. The Kier molecular flexibility index (Phi) is 6.90. The number of aliphatic hydroxyl groups excluding tert-OH is 1. The molecule has 2 N–H and O–H groups in total. The molecule has 0 saturated carbocycles. The SMILES string of the molecule is Cc1ccc(S(=O)(=O)N(C)C)cc1NC(=O)COC(=O)c1ccc(CO)cc1. The van der Waals surface area contributed by atoms with Crippen molar-refractivity contribution >= 4 is 27.6 Å². The summed E-state index contributed by atoms with van der Waals surface area (Å²) in [7, 11) is -0.807. The van der Waals surface area contributed by atoms with E-state index in [2.05, 4.69) is 5.32 Å². The Morgan fingerprint density at radius 2 is 1.75 bits per heavy atom. The number of aryl methyl sites for hydroxylation is 1. The van der Waals surface area contributed by atoms with E-state index in [1.54, 1.807) is 25.1 Å². The number of rotatable bonds is 7. The Labute approximate surface area is 163 Å². The van der Waals surface area contributed by atoms with Gasteiger partial charge >= 0.3 is 5.97 Å². The molecule has 1 amide bonds. The lowest BCUT2D eigenvalue weighted by molar-refractivity contribution is -0.119. The molecular formula is C19H22N2O6S. The van der Waals surface area contributed by atoms with Gasteiger partial charge in [-0.25, -0.2) is 17.5 Å². The van der Waals surface area contributed by atoms with Crippen LogP contribution in [0.2, 0.25) is 0 Å². The normalized spacial score (nSPS) is 11.3. The fourth-order valence-corrected chi connectivity index (χ4v) is 3.18. The van der Waals surface area contributed by atoms with E-state index in [0.29, 0.717) is 16.8 Å². The van der Waals surface area contributed by atoms with Gasteiger partial charge in [-0.2, -0.15) is 0 Å². The Morgan fingerprint density at radius 1 is 1.11 bits per heavy atom. The van der Waals surface area contributed by atoms with Crippen molar-refractivity contribution in [1.29, 1.82) is 0 Å². The Hall–Kier alpha value is -2.75. The maximum absolute atomic E-state index is 12.2. The van der Waals surface area contributed by atoms with Gasteiger partial charge in [0.25, 0.3) is 5.91 Å². The number of ether oxygens (including phenoxy) is 1. The largest absolute Gasteiger partial charge is 0.452 e. The topological polar surface area (TPSA) is 113 Å². The van der Waals surface area contributed by atoms with E-state index in [1.165, 1.54) is 38.4 Å². The Balaban J connectivity index is 2.03. The summed E-state index contributed by atoms with van der Waals surface area (Å²) in [5.41, 5.74) is 1.88. The number of esters is 1. The summed E-state index contributed by atoms with van der Waals surface area (Å²) in [4.78, 5) is 24.1. The highest BCUT2D eigenvalue weighted by atomic mass is 32.2. The first kappa shape index (κ1) is 21.5. The highest BCUT2D eigenvalue weighted by Gasteiger charge is 2.19. The third-order valence-corrected chi connectivity index (χ3v) is 5.78. The third kappa shape index (κ3) is 5.16. The van der Waals surface area contributed by atoms with E-state index in [-0.39, 0.29) is 17.1 Å². The van der Waals surface area contributed by atoms with Crippen LogP contribution in [0.15, 0.2) is 47.4 Å². The monoisotopic (exact) mass is 406 g/mol. The van der Waals surface area contributed by atoms with Gasteiger partial charge in [0.05, 0.1) is 17.1 Å². The minimum Gasteiger partial charge on any atom is -0.452 e. The number of carbonyl (C=O) groups excluding carboxylic acids is 2. The number of benzene rings is 2. The van der Waals surface area contributed by atoms with Gasteiger partial charge in [0, 0.05) is 19.8 Å². The average molecular weight is 406 g/mol. The van der Waals surface area contributed by atoms with E-state index in [1.807, 2.05) is 0 Å². The Morgan fingerprint density at radius 3 is 2.32 bits per heavy atom. The number of aliphatic hydroxyl groups is 1. The lowest BCUT2D eigenvalue weighted by Gasteiger charge is -2.14. The van der Waals surface area contributed by atoms with Crippen LogP contribution in [0.4, 0.5) is 5.69 Å². The van der Waals surface area contributed by atoms with E-state index < -0.39 is 28.5 Å². The summed E-state index contributed by atoms with van der Waals surface area (Å²) in [5.74, 6) is -1.27. The molecular weight excluding hydrogens is 384 g/mol. The van der Waals surface area contributed by atoms with Crippen molar-refractivity contribution in [2.24, 2.45) is 0 Å². The predicted octanol–water partition coefficient (Wildman–Crippen LogP) is 1.53. The molecule has 8 nitrogen and oxygen atoms in total. The standard InChI is InChI=1S/C19H22N2O6S/c1-13-4-9-16(28(25,26)21(2)3)10-17(13)20-18(23)12-27-19(24)15-7-5-14(11-22)6-8-15/h4-10,22H,11-12H2,1-3H3,(H,20,23). The zero-order chi connectivity index (χ0) is 20.9. The molecule has 0 aromatic heterocycles. The number of nitrogens with one attached hydrogen (secondary N) is 1. The lowest BCUT2D eigenvalue weighted by Crippen LogP contribution is -2.23. The van der Waals surface area contributed by atoms with Crippen LogP contribution in [0.1, 0.15) is 21.5 Å². The van der Waals surface area contributed by atoms with Crippen molar-refractivity contribution in [2.45, 2.75) is 18.4 Å². The van der Waals surface area contributed by atoms with Crippen LogP contribution in [0.5, 0.6) is 0 Å². The van der Waals surface area contributed by atoms with E-state index in [4.69, 9.17) is 9.84 Å². The molecule has 0 fully saturated rings. The number of carbonyl (C=O) groups is 2. The van der Waals surface area contributed by atoms with Gasteiger partial charge in [0.2, 0.25) is 10.0 Å². The average Bonchev–Trinajstić information content (AvgIpc) is 2.67. The molecule has 2 rings (SSSR count). The molecule has 0 bridgehead atoms. The first-order valence-corrected chi connectivity index (χ1v) is 9.79. The molecule has 2 aromatic carbocycles. The van der Waals surface area contributed by atoms with Crippen LogP contribution in [0.3, 0.4) is 0 Å². The molecule has 0 aliphatic carbocycles. The van der Waals surface area contributed by atoms with Crippen LogP contribution in [-0.2, 0) is 26.2 Å². The molecule has 0 saturated heterocycles. The summed E-state index contributed by atoms with van der Waals surface area (Å²) in [5, 5.41) is 11.6. The van der Waals surface area contributed by atoms with Crippen LogP contribution in [-0.4, -0.2) is 50.4 Å². The summed E-state index contributed by atoms with van der Waals surface area (Å²) < 4.78 is 30.5. The van der Waals surface area contributed by atoms with Crippen molar-refractivity contribution in [3.63, 3.8) is 0 Å². The second kappa shape index (κ2) is 8.96. The summed E-state index contributed by atoms with van der Waals surface area (Å²) in [6.45, 7) is 1.06. The van der Waals surface area contributed by atoms with Crippen molar-refractivity contribution < 1.29 is 27.9 Å². The van der Waals surface area contributed by atoms with E-state index in [0.717, 1.165) is 4.31 Å².